The maximum absolute atomic E-state index is 5.79. The molecule has 24 heavy (non-hydrogen) atoms. The van der Waals surface area contributed by atoms with E-state index in [1.54, 1.807) is 0 Å². The zero-order valence-corrected chi connectivity index (χ0v) is 16.1. The number of nitrogens with one attached hydrogen (secondary N) is 1. The van der Waals surface area contributed by atoms with Crippen LogP contribution in [0.2, 0.25) is 0 Å². The number of benzene rings is 1. The minimum Gasteiger partial charge on any atom is -0.490 e. The molecule has 2 aliphatic rings. The van der Waals surface area contributed by atoms with Crippen LogP contribution in [0.15, 0.2) is 16.6 Å². The van der Waals surface area contributed by atoms with Crippen LogP contribution >= 0.6 is 15.9 Å². The van der Waals surface area contributed by atoms with Gasteiger partial charge >= 0.3 is 0 Å². The molecule has 0 amide bonds. The molecule has 1 N–H and O–H groups in total. The fourth-order valence-electron chi connectivity index (χ4n) is 3.32. The first-order valence-electron chi connectivity index (χ1n) is 8.78. The number of ether oxygens (including phenoxy) is 3. The lowest BCUT2D eigenvalue weighted by molar-refractivity contribution is -0.0674. The molecule has 1 fully saturated rings. The minimum absolute atomic E-state index is 0.325. The molecule has 0 unspecified atom stereocenters. The Morgan fingerprint density at radius 3 is 2.71 bits per heavy atom. The molecule has 0 aliphatic carbocycles. The van der Waals surface area contributed by atoms with Gasteiger partial charge in [0.15, 0.2) is 11.5 Å². The van der Waals surface area contributed by atoms with Gasteiger partial charge in [0, 0.05) is 39.1 Å². The van der Waals surface area contributed by atoms with Crippen molar-refractivity contribution >= 4 is 15.9 Å². The Bertz CT molecular complexity index is 545. The number of morpholine rings is 1. The topological polar surface area (TPSA) is 43.0 Å². The molecule has 5 nitrogen and oxygen atoms in total. The number of hydrogen-bond donors (Lipinski definition) is 1. The first kappa shape index (κ1) is 18.0. The summed E-state index contributed by atoms with van der Waals surface area (Å²) in [6.07, 6.45) is 1.57. The molecule has 134 valence electrons. The predicted molar refractivity (Wildman–Crippen MR) is 97.9 cm³/mol. The quantitative estimate of drug-likeness (QED) is 0.772. The monoisotopic (exact) mass is 398 g/mol. The maximum atomic E-state index is 5.79. The third-order valence-electron chi connectivity index (χ3n) is 4.29. The number of halogens is 1. The standard InChI is InChI=1S/C18H27BrN2O3/c1-13-11-21(12-14(2)24-13)5-4-20-10-15-8-16(19)18-17(9-15)22-6-3-7-23-18/h8-9,13-14,20H,3-7,10-12H2,1-2H3/t13-,14-/m1/s1. The van der Waals surface area contributed by atoms with Gasteiger partial charge in [-0.1, -0.05) is 0 Å². The summed E-state index contributed by atoms with van der Waals surface area (Å²) >= 11 is 3.60. The van der Waals surface area contributed by atoms with Crippen LogP contribution in [0.25, 0.3) is 0 Å². The van der Waals surface area contributed by atoms with Crippen LogP contribution in [-0.4, -0.2) is 56.5 Å². The molecule has 0 bridgehead atoms. The third kappa shape index (κ3) is 4.85. The van der Waals surface area contributed by atoms with E-state index in [4.69, 9.17) is 14.2 Å². The van der Waals surface area contributed by atoms with Crippen molar-refractivity contribution in [3.05, 3.63) is 22.2 Å². The predicted octanol–water partition coefficient (Wildman–Crippen LogP) is 2.81. The van der Waals surface area contributed by atoms with Crippen LogP contribution in [0.1, 0.15) is 25.8 Å². The van der Waals surface area contributed by atoms with Gasteiger partial charge in [0.25, 0.3) is 0 Å². The molecule has 0 saturated carbocycles. The SMILES string of the molecule is C[C@@H]1CN(CCNCc2cc(Br)c3c(c2)OCCCO3)C[C@@H](C)O1. The average molecular weight is 399 g/mol. The molecule has 2 atom stereocenters. The van der Waals surface area contributed by atoms with Crippen LogP contribution in [-0.2, 0) is 11.3 Å². The highest BCUT2D eigenvalue weighted by atomic mass is 79.9. The van der Waals surface area contributed by atoms with E-state index in [9.17, 15) is 0 Å². The Balaban J connectivity index is 1.48. The van der Waals surface area contributed by atoms with E-state index in [0.717, 1.165) is 55.1 Å². The van der Waals surface area contributed by atoms with Crippen molar-refractivity contribution in [3.63, 3.8) is 0 Å². The first-order chi connectivity index (χ1) is 11.6. The molecule has 1 aromatic carbocycles. The number of nitrogens with zero attached hydrogens (tertiary/aromatic N) is 1. The number of rotatable bonds is 5. The van der Waals surface area contributed by atoms with Crippen molar-refractivity contribution in [1.82, 2.24) is 10.2 Å². The van der Waals surface area contributed by atoms with E-state index in [1.165, 1.54) is 5.56 Å². The molecule has 0 radical (unpaired) electrons. The molecule has 0 aromatic heterocycles. The Morgan fingerprint density at radius 2 is 1.92 bits per heavy atom. The second-order valence-corrected chi connectivity index (χ2v) is 7.50. The van der Waals surface area contributed by atoms with E-state index in [0.29, 0.717) is 25.4 Å². The summed E-state index contributed by atoms with van der Waals surface area (Å²) in [6.45, 7) is 10.6. The Morgan fingerprint density at radius 1 is 1.17 bits per heavy atom. The van der Waals surface area contributed by atoms with Crippen molar-refractivity contribution in [3.8, 4) is 11.5 Å². The van der Waals surface area contributed by atoms with Crippen molar-refractivity contribution in [2.45, 2.75) is 39.0 Å². The van der Waals surface area contributed by atoms with Crippen molar-refractivity contribution in [2.24, 2.45) is 0 Å². The highest BCUT2D eigenvalue weighted by Gasteiger charge is 2.21. The van der Waals surface area contributed by atoms with Gasteiger partial charge in [0.05, 0.1) is 29.9 Å². The Kier molecular flexibility index (Phi) is 6.38. The van der Waals surface area contributed by atoms with Gasteiger partial charge in [0.2, 0.25) is 0 Å². The molecule has 1 aromatic rings. The fraction of sp³-hybridized carbons (Fsp3) is 0.667. The molecule has 0 spiro atoms. The van der Waals surface area contributed by atoms with Gasteiger partial charge in [0.1, 0.15) is 0 Å². The van der Waals surface area contributed by atoms with E-state index in [-0.39, 0.29) is 0 Å². The summed E-state index contributed by atoms with van der Waals surface area (Å²) in [5, 5.41) is 3.53. The molecular weight excluding hydrogens is 372 g/mol. The van der Waals surface area contributed by atoms with E-state index < -0.39 is 0 Å². The molecule has 1 saturated heterocycles. The van der Waals surface area contributed by atoms with Gasteiger partial charge in [-0.3, -0.25) is 4.90 Å². The van der Waals surface area contributed by atoms with E-state index in [1.807, 2.05) is 0 Å². The average Bonchev–Trinajstić information content (AvgIpc) is 2.76. The fourth-order valence-corrected chi connectivity index (χ4v) is 3.93. The lowest BCUT2D eigenvalue weighted by Crippen LogP contribution is -2.47. The number of hydrogen-bond acceptors (Lipinski definition) is 5. The Labute approximate surface area is 152 Å². The molecule has 2 heterocycles. The van der Waals surface area contributed by atoms with Crippen LogP contribution in [0.4, 0.5) is 0 Å². The third-order valence-corrected chi connectivity index (χ3v) is 4.88. The largest absolute Gasteiger partial charge is 0.490 e. The smallest absolute Gasteiger partial charge is 0.175 e. The zero-order valence-electron chi connectivity index (χ0n) is 14.5. The summed E-state index contributed by atoms with van der Waals surface area (Å²) in [5.41, 5.74) is 1.20. The van der Waals surface area contributed by atoms with Crippen molar-refractivity contribution < 1.29 is 14.2 Å². The van der Waals surface area contributed by atoms with Gasteiger partial charge in [-0.25, -0.2) is 0 Å². The first-order valence-corrected chi connectivity index (χ1v) is 9.57. The van der Waals surface area contributed by atoms with Crippen LogP contribution in [0.3, 0.4) is 0 Å². The summed E-state index contributed by atoms with van der Waals surface area (Å²) in [7, 11) is 0. The van der Waals surface area contributed by atoms with Crippen LogP contribution in [0.5, 0.6) is 11.5 Å². The normalized spacial score (nSPS) is 24.6. The van der Waals surface area contributed by atoms with Gasteiger partial charge in [-0.2, -0.15) is 0 Å². The van der Waals surface area contributed by atoms with E-state index in [2.05, 4.69) is 52.1 Å². The summed E-state index contributed by atoms with van der Waals surface area (Å²) in [4.78, 5) is 2.47. The second-order valence-electron chi connectivity index (χ2n) is 6.65. The lowest BCUT2D eigenvalue weighted by atomic mass is 10.2. The van der Waals surface area contributed by atoms with E-state index >= 15 is 0 Å². The highest BCUT2D eigenvalue weighted by molar-refractivity contribution is 9.10. The summed E-state index contributed by atoms with van der Waals surface area (Å²) in [5.74, 6) is 1.67. The number of fused-ring (bicyclic) bond motifs is 1. The molecular formula is C18H27BrN2O3. The molecule has 3 rings (SSSR count). The summed E-state index contributed by atoms with van der Waals surface area (Å²) < 4.78 is 18.3. The van der Waals surface area contributed by atoms with Crippen molar-refractivity contribution in [2.75, 3.05) is 39.4 Å². The summed E-state index contributed by atoms with van der Waals surface area (Å²) in [6, 6.07) is 4.19. The molecule has 6 heteroatoms. The molecule has 2 aliphatic heterocycles. The highest BCUT2D eigenvalue weighted by Crippen LogP contribution is 2.38. The lowest BCUT2D eigenvalue weighted by Gasteiger charge is -2.35. The maximum Gasteiger partial charge on any atom is 0.175 e. The van der Waals surface area contributed by atoms with Gasteiger partial charge in [-0.05, 0) is 47.5 Å². The Hall–Kier alpha value is -0.820. The van der Waals surface area contributed by atoms with Crippen molar-refractivity contribution in [1.29, 1.82) is 0 Å². The van der Waals surface area contributed by atoms with Crippen LogP contribution < -0.4 is 14.8 Å². The van der Waals surface area contributed by atoms with Gasteiger partial charge in [-0.15, -0.1) is 0 Å². The zero-order chi connectivity index (χ0) is 16.9. The minimum atomic E-state index is 0.325. The second kappa shape index (κ2) is 8.52. The van der Waals surface area contributed by atoms with Crippen LogP contribution in [0, 0.1) is 0 Å². The van der Waals surface area contributed by atoms with Gasteiger partial charge < -0.3 is 19.5 Å².